The molecule has 3 aromatic rings. The molecule has 2 heterocycles. The Bertz CT molecular complexity index is 1640. The molecule has 1 N–H and O–H groups in total. The van der Waals surface area contributed by atoms with Crippen LogP contribution in [0.3, 0.4) is 0 Å². The summed E-state index contributed by atoms with van der Waals surface area (Å²) in [6.07, 6.45) is 0.542. The Morgan fingerprint density at radius 1 is 1.14 bits per heavy atom. The third-order valence-corrected chi connectivity index (χ3v) is 8.12. The maximum atomic E-state index is 14.8. The van der Waals surface area contributed by atoms with E-state index in [1.807, 2.05) is 58.0 Å². The summed E-state index contributed by atoms with van der Waals surface area (Å²) in [5.74, 6) is -4.49. The van der Waals surface area contributed by atoms with Gasteiger partial charge in [0.05, 0.1) is 0 Å². The van der Waals surface area contributed by atoms with Gasteiger partial charge in [-0.25, -0.2) is 18.7 Å². The number of aromatic nitrogens is 2. The summed E-state index contributed by atoms with van der Waals surface area (Å²) >= 11 is 0. The van der Waals surface area contributed by atoms with E-state index in [0.717, 1.165) is 11.1 Å². The first-order chi connectivity index (χ1) is 20.8. The summed E-state index contributed by atoms with van der Waals surface area (Å²) in [7, 11) is 0. The van der Waals surface area contributed by atoms with Crippen molar-refractivity contribution in [3.8, 4) is 6.07 Å². The van der Waals surface area contributed by atoms with Crippen LogP contribution < -0.4 is 15.1 Å². The van der Waals surface area contributed by atoms with Crippen molar-refractivity contribution in [3.63, 3.8) is 0 Å². The number of nitrogens with one attached hydrogen (secondary N) is 1. The maximum Gasteiger partial charge on any atom is 0.252 e. The van der Waals surface area contributed by atoms with Gasteiger partial charge in [-0.2, -0.15) is 5.26 Å². The highest BCUT2D eigenvalue weighted by molar-refractivity contribution is 6.10. The number of benzene rings is 2. The molecule has 3 amide bonds. The van der Waals surface area contributed by atoms with E-state index in [0.29, 0.717) is 11.3 Å². The third kappa shape index (κ3) is 6.16. The van der Waals surface area contributed by atoms with Crippen molar-refractivity contribution in [1.82, 2.24) is 15.3 Å². The number of nitrogens with zero attached hydrogens (tertiary/aromatic N) is 5. The molecule has 1 aliphatic carbocycles. The van der Waals surface area contributed by atoms with E-state index in [4.69, 9.17) is 0 Å². The second-order valence-electron chi connectivity index (χ2n) is 12.4. The SMILES string of the molecule is Cc1ccccc1C(C(=O)NC1CC(F)(F)C1)N(C(=O)C1CCC(=O)N1c1nccc(C#N)n1)c1cccc(C(C)(C)C)c1. The molecule has 2 aromatic carbocycles. The summed E-state index contributed by atoms with van der Waals surface area (Å²) in [4.78, 5) is 53.0. The molecule has 9 nitrogen and oxygen atoms in total. The molecule has 2 unspecified atom stereocenters. The van der Waals surface area contributed by atoms with Gasteiger partial charge in [-0.1, -0.05) is 57.2 Å². The normalized spacial score (nSPS) is 18.7. The first kappa shape index (κ1) is 30.7. The van der Waals surface area contributed by atoms with Crippen molar-refractivity contribution in [2.24, 2.45) is 0 Å². The maximum absolute atomic E-state index is 14.8. The van der Waals surface area contributed by atoms with Gasteiger partial charge in [0, 0.05) is 37.2 Å². The molecular formula is C33H34F2N6O3. The largest absolute Gasteiger partial charge is 0.351 e. The zero-order valence-corrected chi connectivity index (χ0v) is 25.1. The van der Waals surface area contributed by atoms with Crippen molar-refractivity contribution < 1.29 is 23.2 Å². The molecule has 1 aromatic heterocycles. The van der Waals surface area contributed by atoms with Crippen LogP contribution in [-0.2, 0) is 19.8 Å². The van der Waals surface area contributed by atoms with Crippen LogP contribution in [0.5, 0.6) is 0 Å². The molecule has 2 fully saturated rings. The van der Waals surface area contributed by atoms with Crippen molar-refractivity contribution in [1.29, 1.82) is 5.26 Å². The lowest BCUT2D eigenvalue weighted by atomic mass is 9.86. The zero-order valence-electron chi connectivity index (χ0n) is 25.1. The van der Waals surface area contributed by atoms with Crippen molar-refractivity contribution in [2.45, 2.75) is 82.8 Å². The Balaban J connectivity index is 1.65. The molecule has 228 valence electrons. The monoisotopic (exact) mass is 600 g/mol. The fourth-order valence-electron chi connectivity index (χ4n) is 5.72. The number of anilines is 2. The zero-order chi connectivity index (χ0) is 31.8. The molecule has 1 aliphatic heterocycles. The van der Waals surface area contributed by atoms with E-state index in [-0.39, 0.29) is 29.9 Å². The molecule has 5 rings (SSSR count). The van der Waals surface area contributed by atoms with Gasteiger partial charge in [0.2, 0.25) is 17.8 Å². The second kappa shape index (κ2) is 11.8. The molecule has 11 heteroatoms. The van der Waals surface area contributed by atoms with Gasteiger partial charge < -0.3 is 5.32 Å². The first-order valence-corrected chi connectivity index (χ1v) is 14.5. The summed E-state index contributed by atoms with van der Waals surface area (Å²) in [6, 6.07) is 14.6. The molecule has 2 aliphatic rings. The average Bonchev–Trinajstić information content (AvgIpc) is 3.36. The van der Waals surface area contributed by atoms with Gasteiger partial charge in [0.25, 0.3) is 11.8 Å². The smallest absolute Gasteiger partial charge is 0.252 e. The standard InChI is InChI=1S/C33H34F2N6O3/c1-20-8-5-6-11-25(20)28(29(43)38-23-17-33(34,35)18-23)40(24-10-7-9-21(16-24)32(2,3)4)30(44)26-12-13-27(42)41(26)31-37-15-14-22(19-36)39-31/h5-11,14-16,23,26,28H,12-13,17-18H2,1-4H3,(H,38,43). The number of alkyl halides is 2. The number of amides is 3. The minimum Gasteiger partial charge on any atom is -0.351 e. The van der Waals surface area contributed by atoms with Crippen LogP contribution in [0.2, 0.25) is 0 Å². The third-order valence-electron chi connectivity index (χ3n) is 8.12. The average molecular weight is 601 g/mol. The molecule has 1 saturated carbocycles. The van der Waals surface area contributed by atoms with Crippen molar-refractivity contribution >= 4 is 29.4 Å². The highest BCUT2D eigenvalue weighted by Gasteiger charge is 2.48. The molecule has 44 heavy (non-hydrogen) atoms. The lowest BCUT2D eigenvalue weighted by molar-refractivity contribution is -0.133. The highest BCUT2D eigenvalue weighted by Crippen LogP contribution is 2.39. The number of hydrogen-bond acceptors (Lipinski definition) is 6. The van der Waals surface area contributed by atoms with E-state index in [1.165, 1.54) is 22.1 Å². The van der Waals surface area contributed by atoms with E-state index < -0.39 is 54.6 Å². The minimum absolute atomic E-state index is 0.0325. The van der Waals surface area contributed by atoms with Crippen LogP contribution in [0, 0.1) is 18.3 Å². The number of halogens is 2. The number of carbonyl (C=O) groups is 3. The first-order valence-electron chi connectivity index (χ1n) is 14.5. The predicted molar refractivity (Wildman–Crippen MR) is 160 cm³/mol. The van der Waals surface area contributed by atoms with Gasteiger partial charge in [0.15, 0.2) is 0 Å². The molecule has 0 spiro atoms. The fraction of sp³-hybridized carbons (Fsp3) is 0.394. The van der Waals surface area contributed by atoms with E-state index >= 15 is 0 Å². The molecular weight excluding hydrogens is 566 g/mol. The second-order valence-corrected chi connectivity index (χ2v) is 12.4. The highest BCUT2D eigenvalue weighted by atomic mass is 19.3. The lowest BCUT2D eigenvalue weighted by Gasteiger charge is -2.39. The van der Waals surface area contributed by atoms with Crippen molar-refractivity contribution in [2.75, 3.05) is 9.80 Å². The Hall–Kier alpha value is -4.72. The quantitative estimate of drug-likeness (QED) is 0.401. The molecule has 0 radical (unpaired) electrons. The number of carbonyl (C=O) groups excluding carboxylic acids is 3. The Morgan fingerprint density at radius 3 is 2.52 bits per heavy atom. The van der Waals surface area contributed by atoms with E-state index in [1.54, 1.807) is 24.3 Å². The van der Waals surface area contributed by atoms with Gasteiger partial charge in [-0.15, -0.1) is 0 Å². The van der Waals surface area contributed by atoms with Crippen LogP contribution in [0.1, 0.15) is 74.9 Å². The number of nitriles is 1. The Morgan fingerprint density at radius 2 is 1.86 bits per heavy atom. The summed E-state index contributed by atoms with van der Waals surface area (Å²) < 4.78 is 27.5. The van der Waals surface area contributed by atoms with Crippen molar-refractivity contribution in [3.05, 3.63) is 83.2 Å². The van der Waals surface area contributed by atoms with Crippen LogP contribution in [0.15, 0.2) is 60.8 Å². The van der Waals surface area contributed by atoms with Gasteiger partial charge in [-0.05, 0) is 53.6 Å². The Labute approximate surface area is 254 Å². The molecule has 2 atom stereocenters. The number of hydrogen-bond donors (Lipinski definition) is 1. The van der Waals surface area contributed by atoms with Gasteiger partial charge in [-0.3, -0.25) is 24.2 Å². The predicted octanol–water partition coefficient (Wildman–Crippen LogP) is 5.14. The summed E-state index contributed by atoms with van der Waals surface area (Å²) in [6.45, 7) is 7.89. The van der Waals surface area contributed by atoms with Crippen LogP contribution in [0.4, 0.5) is 20.4 Å². The Kier molecular flexibility index (Phi) is 8.21. The molecule has 0 bridgehead atoms. The van der Waals surface area contributed by atoms with E-state index in [9.17, 15) is 28.4 Å². The summed E-state index contributed by atoms with van der Waals surface area (Å²) in [5, 5.41) is 12.1. The fourth-order valence-corrected chi connectivity index (χ4v) is 5.72. The molecule has 1 saturated heterocycles. The van der Waals surface area contributed by atoms with Crippen LogP contribution in [-0.4, -0.2) is 45.7 Å². The minimum atomic E-state index is -2.85. The number of aryl methyl sites for hydroxylation is 1. The lowest BCUT2D eigenvalue weighted by Crippen LogP contribution is -2.56. The summed E-state index contributed by atoms with van der Waals surface area (Å²) in [5.41, 5.74) is 2.29. The van der Waals surface area contributed by atoms with E-state index in [2.05, 4.69) is 15.3 Å². The topological polar surface area (TPSA) is 119 Å². The van der Waals surface area contributed by atoms with Crippen LogP contribution in [0.25, 0.3) is 0 Å². The van der Waals surface area contributed by atoms with Crippen LogP contribution >= 0.6 is 0 Å². The van der Waals surface area contributed by atoms with Gasteiger partial charge in [0.1, 0.15) is 23.8 Å². The van der Waals surface area contributed by atoms with Gasteiger partial charge >= 0.3 is 0 Å². The number of rotatable bonds is 7.